The number of rotatable bonds is 3. The third-order valence-electron chi connectivity index (χ3n) is 4.32. The first kappa shape index (κ1) is 15.8. The van der Waals surface area contributed by atoms with Crippen molar-refractivity contribution in [3.8, 4) is 10.6 Å². The van der Waals surface area contributed by atoms with Gasteiger partial charge in [0, 0.05) is 44.1 Å². The second kappa shape index (κ2) is 7.03. The number of carbonyl (C=O) groups excluding carboxylic acids is 1. The minimum Gasteiger partial charge on any atom is -0.353 e. The van der Waals surface area contributed by atoms with Gasteiger partial charge in [0.05, 0.1) is 10.6 Å². The molecule has 0 bridgehead atoms. The van der Waals surface area contributed by atoms with E-state index in [0.29, 0.717) is 18.7 Å². The topological polar surface area (TPSA) is 49.3 Å². The summed E-state index contributed by atoms with van der Waals surface area (Å²) < 4.78 is 0. The molecule has 0 spiro atoms. The van der Waals surface area contributed by atoms with Gasteiger partial charge in [-0.3, -0.25) is 9.78 Å². The highest BCUT2D eigenvalue weighted by molar-refractivity contribution is 7.13. The number of anilines is 1. The second-order valence-electron chi connectivity index (χ2n) is 5.87. The van der Waals surface area contributed by atoms with Crippen LogP contribution in [0.15, 0.2) is 60.2 Å². The summed E-state index contributed by atoms with van der Waals surface area (Å²) in [6.07, 6.45) is 3.52. The molecule has 0 saturated carbocycles. The zero-order valence-corrected chi connectivity index (χ0v) is 14.5. The number of carbonyl (C=O) groups is 1. The molecule has 25 heavy (non-hydrogen) atoms. The van der Waals surface area contributed by atoms with Gasteiger partial charge in [-0.2, -0.15) is 0 Å². The SMILES string of the molecule is O=C(c1ccnc(-c2cccs2)c1)N1CCN(c2ccccn2)CC1. The van der Waals surface area contributed by atoms with E-state index in [1.54, 1.807) is 29.8 Å². The zero-order chi connectivity index (χ0) is 17.1. The standard InChI is InChI=1S/C19H18N4OS/c24-19(15-6-8-20-16(14-15)17-4-3-13-25-17)23-11-9-22(10-12-23)18-5-1-2-7-21-18/h1-8,13-14H,9-12H2. The van der Waals surface area contributed by atoms with Crippen LogP contribution < -0.4 is 4.90 Å². The molecule has 126 valence electrons. The van der Waals surface area contributed by atoms with E-state index < -0.39 is 0 Å². The van der Waals surface area contributed by atoms with Gasteiger partial charge in [0.15, 0.2) is 0 Å². The van der Waals surface area contributed by atoms with Crippen molar-refractivity contribution < 1.29 is 4.79 Å². The van der Waals surface area contributed by atoms with E-state index in [0.717, 1.165) is 29.5 Å². The fourth-order valence-corrected chi connectivity index (χ4v) is 3.68. The van der Waals surface area contributed by atoms with E-state index in [1.165, 1.54) is 0 Å². The molecule has 1 fully saturated rings. The first-order valence-electron chi connectivity index (χ1n) is 8.26. The quantitative estimate of drug-likeness (QED) is 0.728. The first-order valence-corrected chi connectivity index (χ1v) is 9.14. The van der Waals surface area contributed by atoms with Crippen molar-refractivity contribution in [1.82, 2.24) is 14.9 Å². The maximum absolute atomic E-state index is 12.8. The van der Waals surface area contributed by atoms with Gasteiger partial charge in [-0.1, -0.05) is 12.1 Å². The molecule has 4 rings (SSSR count). The highest BCUT2D eigenvalue weighted by atomic mass is 32.1. The Morgan fingerprint density at radius 3 is 2.56 bits per heavy atom. The Labute approximate surface area is 150 Å². The van der Waals surface area contributed by atoms with Gasteiger partial charge >= 0.3 is 0 Å². The fraction of sp³-hybridized carbons (Fsp3) is 0.211. The lowest BCUT2D eigenvalue weighted by Gasteiger charge is -2.35. The van der Waals surface area contributed by atoms with Crippen LogP contribution in [0.4, 0.5) is 5.82 Å². The smallest absolute Gasteiger partial charge is 0.254 e. The predicted octanol–water partition coefficient (Wildman–Crippen LogP) is 3.17. The van der Waals surface area contributed by atoms with Gasteiger partial charge in [-0.25, -0.2) is 4.98 Å². The Morgan fingerprint density at radius 1 is 0.960 bits per heavy atom. The number of hydrogen-bond acceptors (Lipinski definition) is 5. The minimum atomic E-state index is 0.0703. The predicted molar refractivity (Wildman–Crippen MR) is 99.9 cm³/mol. The fourth-order valence-electron chi connectivity index (χ4n) is 2.98. The van der Waals surface area contributed by atoms with Crippen LogP contribution >= 0.6 is 11.3 Å². The number of amides is 1. The van der Waals surface area contributed by atoms with Crippen molar-refractivity contribution in [3.63, 3.8) is 0 Å². The number of aromatic nitrogens is 2. The maximum Gasteiger partial charge on any atom is 0.254 e. The molecule has 3 aromatic heterocycles. The number of hydrogen-bond donors (Lipinski definition) is 0. The third-order valence-corrected chi connectivity index (χ3v) is 5.21. The van der Waals surface area contributed by atoms with Crippen LogP contribution in [0.1, 0.15) is 10.4 Å². The van der Waals surface area contributed by atoms with E-state index in [9.17, 15) is 4.79 Å². The monoisotopic (exact) mass is 350 g/mol. The van der Waals surface area contributed by atoms with Crippen molar-refractivity contribution in [1.29, 1.82) is 0 Å². The molecule has 3 aromatic rings. The first-order chi connectivity index (χ1) is 12.3. The Hall–Kier alpha value is -2.73. The molecule has 0 radical (unpaired) electrons. The zero-order valence-electron chi connectivity index (χ0n) is 13.7. The summed E-state index contributed by atoms with van der Waals surface area (Å²) in [5, 5.41) is 2.02. The highest BCUT2D eigenvalue weighted by Crippen LogP contribution is 2.23. The van der Waals surface area contributed by atoms with Crippen LogP contribution in [-0.4, -0.2) is 47.0 Å². The molecule has 1 amide bonds. The molecule has 0 unspecified atom stereocenters. The molecule has 4 heterocycles. The van der Waals surface area contributed by atoms with E-state index in [-0.39, 0.29) is 5.91 Å². The van der Waals surface area contributed by atoms with E-state index in [2.05, 4.69) is 14.9 Å². The number of thiophene rings is 1. The van der Waals surface area contributed by atoms with Crippen LogP contribution in [0.5, 0.6) is 0 Å². The van der Waals surface area contributed by atoms with Crippen molar-refractivity contribution in [2.45, 2.75) is 0 Å². The van der Waals surface area contributed by atoms with Crippen molar-refractivity contribution in [2.75, 3.05) is 31.1 Å². The normalized spacial score (nSPS) is 14.6. The summed E-state index contributed by atoms with van der Waals surface area (Å²) in [6.45, 7) is 3.00. The Morgan fingerprint density at radius 2 is 1.84 bits per heavy atom. The molecule has 0 aromatic carbocycles. The number of pyridine rings is 2. The molecule has 0 N–H and O–H groups in total. The van der Waals surface area contributed by atoms with Crippen molar-refractivity contribution in [3.05, 3.63) is 65.8 Å². The molecule has 0 aliphatic carbocycles. The molecule has 1 saturated heterocycles. The third kappa shape index (κ3) is 3.39. The Balaban J connectivity index is 1.45. The average Bonchev–Trinajstić information content (AvgIpc) is 3.23. The van der Waals surface area contributed by atoms with Gasteiger partial charge in [0.25, 0.3) is 5.91 Å². The summed E-state index contributed by atoms with van der Waals surface area (Å²) in [5.74, 6) is 1.04. The molecular weight excluding hydrogens is 332 g/mol. The minimum absolute atomic E-state index is 0.0703. The van der Waals surface area contributed by atoms with Crippen LogP contribution in [0.3, 0.4) is 0 Å². The summed E-state index contributed by atoms with van der Waals surface area (Å²) in [5.41, 5.74) is 1.55. The summed E-state index contributed by atoms with van der Waals surface area (Å²) in [6, 6.07) is 13.6. The van der Waals surface area contributed by atoms with E-state index in [1.807, 2.05) is 46.7 Å². The van der Waals surface area contributed by atoms with Crippen molar-refractivity contribution in [2.24, 2.45) is 0 Å². The van der Waals surface area contributed by atoms with Gasteiger partial charge < -0.3 is 9.80 Å². The van der Waals surface area contributed by atoms with Crippen LogP contribution in [0, 0.1) is 0 Å². The molecule has 1 aliphatic heterocycles. The average molecular weight is 350 g/mol. The molecule has 6 heteroatoms. The van der Waals surface area contributed by atoms with Crippen LogP contribution in [0.25, 0.3) is 10.6 Å². The summed E-state index contributed by atoms with van der Waals surface area (Å²) >= 11 is 1.63. The van der Waals surface area contributed by atoms with E-state index in [4.69, 9.17) is 0 Å². The maximum atomic E-state index is 12.8. The lowest BCUT2D eigenvalue weighted by atomic mass is 10.1. The van der Waals surface area contributed by atoms with Gasteiger partial charge in [-0.15, -0.1) is 11.3 Å². The van der Waals surface area contributed by atoms with Gasteiger partial charge in [0.2, 0.25) is 0 Å². The lowest BCUT2D eigenvalue weighted by molar-refractivity contribution is 0.0746. The van der Waals surface area contributed by atoms with Crippen LogP contribution in [0.2, 0.25) is 0 Å². The second-order valence-corrected chi connectivity index (χ2v) is 6.82. The van der Waals surface area contributed by atoms with E-state index >= 15 is 0 Å². The summed E-state index contributed by atoms with van der Waals surface area (Å²) in [7, 11) is 0. The largest absolute Gasteiger partial charge is 0.353 e. The Kier molecular flexibility index (Phi) is 4.43. The lowest BCUT2D eigenvalue weighted by Crippen LogP contribution is -2.49. The highest BCUT2D eigenvalue weighted by Gasteiger charge is 2.23. The molecule has 5 nitrogen and oxygen atoms in total. The molecule has 1 aliphatic rings. The molecule has 0 atom stereocenters. The number of nitrogens with zero attached hydrogens (tertiary/aromatic N) is 4. The van der Waals surface area contributed by atoms with Gasteiger partial charge in [-0.05, 0) is 35.7 Å². The summed E-state index contributed by atoms with van der Waals surface area (Å²) in [4.78, 5) is 26.8. The van der Waals surface area contributed by atoms with Crippen LogP contribution in [-0.2, 0) is 0 Å². The Bertz CT molecular complexity index is 843. The van der Waals surface area contributed by atoms with Gasteiger partial charge in [0.1, 0.15) is 5.82 Å². The molecular formula is C19H18N4OS. The number of piperazine rings is 1. The van der Waals surface area contributed by atoms with Crippen molar-refractivity contribution >= 4 is 23.1 Å².